The first-order chi connectivity index (χ1) is 9.59. The fourth-order valence-electron chi connectivity index (χ4n) is 2.48. The van der Waals surface area contributed by atoms with Crippen molar-refractivity contribution in [3.8, 4) is 0 Å². The molecule has 0 amide bonds. The molecule has 1 saturated carbocycles. The third kappa shape index (κ3) is 2.75. The average Bonchev–Trinajstić information content (AvgIpc) is 3.26. The van der Waals surface area contributed by atoms with Crippen LogP contribution in [0.2, 0.25) is 5.02 Å². The summed E-state index contributed by atoms with van der Waals surface area (Å²) in [6, 6.07) is 0. The minimum absolute atomic E-state index is 0.142. The lowest BCUT2D eigenvalue weighted by Crippen LogP contribution is -2.37. The molecule has 1 aromatic heterocycles. The van der Waals surface area contributed by atoms with Crippen LogP contribution in [0.4, 0.5) is 5.82 Å². The minimum atomic E-state index is -3.09. The number of nitrogens with zero attached hydrogens (tertiary/aromatic N) is 4. The predicted molar refractivity (Wildman–Crippen MR) is 77.4 cm³/mol. The van der Waals surface area contributed by atoms with Crippen LogP contribution < -0.4 is 4.90 Å². The van der Waals surface area contributed by atoms with Gasteiger partial charge < -0.3 is 4.90 Å². The summed E-state index contributed by atoms with van der Waals surface area (Å²) in [6.07, 6.45) is 5.42. The van der Waals surface area contributed by atoms with Crippen molar-refractivity contribution < 1.29 is 8.42 Å². The second-order valence-corrected chi connectivity index (χ2v) is 7.80. The number of anilines is 1. The molecule has 2 fully saturated rings. The van der Waals surface area contributed by atoms with Crippen LogP contribution in [0.1, 0.15) is 19.3 Å². The largest absolute Gasteiger partial charge is 0.354 e. The molecule has 0 radical (unpaired) electrons. The van der Waals surface area contributed by atoms with Crippen LogP contribution in [0.15, 0.2) is 12.5 Å². The third-order valence-electron chi connectivity index (χ3n) is 3.71. The molecule has 0 aromatic carbocycles. The van der Waals surface area contributed by atoms with Crippen molar-refractivity contribution in [1.82, 2.24) is 14.3 Å². The standard InChI is InChI=1S/C12H17ClN4O2S/c13-11-8-14-9-15-12(11)16-4-1-5-17(7-6-16)20(18,19)10-2-3-10/h8-10H,1-7H2. The maximum absolute atomic E-state index is 12.3. The molecule has 2 aliphatic rings. The van der Waals surface area contributed by atoms with Gasteiger partial charge in [-0.25, -0.2) is 18.4 Å². The lowest BCUT2D eigenvalue weighted by atomic mass is 10.4. The number of hydrogen-bond acceptors (Lipinski definition) is 5. The topological polar surface area (TPSA) is 66.4 Å². The van der Waals surface area contributed by atoms with Crippen molar-refractivity contribution >= 4 is 27.4 Å². The molecule has 0 unspecified atom stereocenters. The summed E-state index contributed by atoms with van der Waals surface area (Å²) < 4.78 is 26.2. The first-order valence-corrected chi connectivity index (χ1v) is 8.66. The van der Waals surface area contributed by atoms with Crippen LogP contribution in [0.3, 0.4) is 0 Å². The molecule has 0 bridgehead atoms. The van der Waals surface area contributed by atoms with Crippen LogP contribution in [0.5, 0.6) is 0 Å². The van der Waals surface area contributed by atoms with Crippen molar-refractivity contribution in [3.63, 3.8) is 0 Å². The zero-order valence-corrected chi connectivity index (χ0v) is 12.6. The molecule has 20 heavy (non-hydrogen) atoms. The van der Waals surface area contributed by atoms with Gasteiger partial charge in [0.25, 0.3) is 0 Å². The second kappa shape index (κ2) is 5.46. The van der Waals surface area contributed by atoms with Gasteiger partial charge in [-0.1, -0.05) is 11.6 Å². The Morgan fingerprint density at radius 1 is 1.20 bits per heavy atom. The van der Waals surface area contributed by atoms with Gasteiger partial charge in [-0.05, 0) is 19.3 Å². The van der Waals surface area contributed by atoms with Gasteiger partial charge in [0.15, 0.2) is 5.82 Å². The van der Waals surface area contributed by atoms with Crippen LogP contribution in [-0.2, 0) is 10.0 Å². The summed E-state index contributed by atoms with van der Waals surface area (Å²) >= 11 is 6.10. The Morgan fingerprint density at radius 2 is 2.00 bits per heavy atom. The van der Waals surface area contributed by atoms with Crippen molar-refractivity contribution in [2.24, 2.45) is 0 Å². The Kier molecular flexibility index (Phi) is 3.83. The Hall–Kier alpha value is -0.920. The van der Waals surface area contributed by atoms with Crippen LogP contribution >= 0.6 is 11.6 Å². The van der Waals surface area contributed by atoms with Crippen LogP contribution in [-0.4, -0.2) is 54.1 Å². The lowest BCUT2D eigenvalue weighted by molar-refractivity contribution is 0.432. The summed E-state index contributed by atoms with van der Waals surface area (Å²) in [5.74, 6) is 0.687. The summed E-state index contributed by atoms with van der Waals surface area (Å²) in [4.78, 5) is 10.1. The summed E-state index contributed by atoms with van der Waals surface area (Å²) in [6.45, 7) is 2.45. The zero-order chi connectivity index (χ0) is 14.2. The first-order valence-electron chi connectivity index (χ1n) is 6.78. The van der Waals surface area contributed by atoms with E-state index in [-0.39, 0.29) is 5.25 Å². The fourth-order valence-corrected chi connectivity index (χ4v) is 4.57. The van der Waals surface area contributed by atoms with Gasteiger partial charge in [0.05, 0.1) is 11.4 Å². The number of halogens is 1. The Bertz CT molecular complexity index is 591. The average molecular weight is 317 g/mol. The van der Waals surface area contributed by atoms with E-state index in [0.29, 0.717) is 30.5 Å². The van der Waals surface area contributed by atoms with Gasteiger partial charge in [-0.2, -0.15) is 4.31 Å². The monoisotopic (exact) mass is 316 g/mol. The second-order valence-electron chi connectivity index (χ2n) is 5.18. The third-order valence-corrected chi connectivity index (χ3v) is 6.37. The maximum Gasteiger partial charge on any atom is 0.217 e. The molecule has 6 nitrogen and oxygen atoms in total. The lowest BCUT2D eigenvalue weighted by Gasteiger charge is -2.23. The molecular formula is C12H17ClN4O2S. The fraction of sp³-hybridized carbons (Fsp3) is 0.667. The molecule has 3 rings (SSSR count). The summed E-state index contributed by atoms with van der Waals surface area (Å²) in [5.41, 5.74) is 0. The Balaban J connectivity index is 1.73. The van der Waals surface area contributed by atoms with Crippen molar-refractivity contribution in [1.29, 1.82) is 0 Å². The molecule has 110 valence electrons. The summed E-state index contributed by atoms with van der Waals surface area (Å²) in [5, 5.41) is 0.364. The van der Waals surface area contributed by atoms with Gasteiger partial charge in [0.1, 0.15) is 11.3 Å². The van der Waals surface area contributed by atoms with Gasteiger partial charge in [0, 0.05) is 26.2 Å². The quantitative estimate of drug-likeness (QED) is 0.836. The molecular weight excluding hydrogens is 300 g/mol. The van der Waals surface area contributed by atoms with E-state index in [4.69, 9.17) is 11.6 Å². The SMILES string of the molecule is O=S(=O)(C1CC1)N1CCCN(c2ncncc2Cl)CC1. The highest BCUT2D eigenvalue weighted by Gasteiger charge is 2.40. The minimum Gasteiger partial charge on any atom is -0.354 e. The Labute approximate surface area is 123 Å². The molecule has 1 aliphatic carbocycles. The highest BCUT2D eigenvalue weighted by molar-refractivity contribution is 7.90. The van der Waals surface area contributed by atoms with Crippen LogP contribution in [0.25, 0.3) is 0 Å². The van der Waals surface area contributed by atoms with Crippen molar-refractivity contribution in [3.05, 3.63) is 17.5 Å². The van der Waals surface area contributed by atoms with Crippen molar-refractivity contribution in [2.75, 3.05) is 31.1 Å². The van der Waals surface area contributed by atoms with E-state index >= 15 is 0 Å². The van der Waals surface area contributed by atoms with E-state index in [9.17, 15) is 8.42 Å². The van der Waals surface area contributed by atoms with E-state index < -0.39 is 10.0 Å². The highest BCUT2D eigenvalue weighted by atomic mass is 35.5. The van der Waals surface area contributed by atoms with Gasteiger partial charge in [-0.3, -0.25) is 0 Å². The number of sulfonamides is 1. The molecule has 0 N–H and O–H groups in total. The van der Waals surface area contributed by atoms with E-state index in [1.165, 1.54) is 6.33 Å². The highest BCUT2D eigenvalue weighted by Crippen LogP contribution is 2.32. The number of hydrogen-bond donors (Lipinski definition) is 0. The molecule has 1 aliphatic heterocycles. The normalized spacial score (nSPS) is 21.8. The summed E-state index contributed by atoms with van der Waals surface area (Å²) in [7, 11) is -3.09. The molecule has 0 spiro atoms. The molecule has 0 atom stereocenters. The molecule has 8 heteroatoms. The smallest absolute Gasteiger partial charge is 0.217 e. The zero-order valence-electron chi connectivity index (χ0n) is 11.1. The van der Waals surface area contributed by atoms with E-state index in [1.807, 2.05) is 4.90 Å². The first kappa shape index (κ1) is 14.0. The number of aromatic nitrogens is 2. The molecule has 2 heterocycles. The van der Waals surface area contributed by atoms with E-state index in [0.717, 1.165) is 25.8 Å². The van der Waals surface area contributed by atoms with Gasteiger partial charge in [-0.15, -0.1) is 0 Å². The predicted octanol–water partition coefficient (Wildman–Crippen LogP) is 1.13. The Morgan fingerprint density at radius 3 is 2.70 bits per heavy atom. The molecule has 1 saturated heterocycles. The van der Waals surface area contributed by atoms with Crippen molar-refractivity contribution in [2.45, 2.75) is 24.5 Å². The van der Waals surface area contributed by atoms with E-state index in [2.05, 4.69) is 9.97 Å². The van der Waals surface area contributed by atoms with Gasteiger partial charge in [0.2, 0.25) is 10.0 Å². The van der Waals surface area contributed by atoms with Crippen LogP contribution in [0, 0.1) is 0 Å². The van der Waals surface area contributed by atoms with E-state index in [1.54, 1.807) is 10.5 Å². The van der Waals surface area contributed by atoms with Gasteiger partial charge >= 0.3 is 0 Å². The number of rotatable bonds is 3. The molecule has 1 aromatic rings. The maximum atomic E-state index is 12.3.